The van der Waals surface area contributed by atoms with E-state index in [2.05, 4.69) is 10.6 Å². The second-order valence-corrected chi connectivity index (χ2v) is 7.11. The van der Waals surface area contributed by atoms with Gasteiger partial charge >= 0.3 is 6.03 Å². The molecular weight excluding hydrogens is 378 g/mol. The molecule has 1 aliphatic rings. The Balaban J connectivity index is 1.60. The summed E-state index contributed by atoms with van der Waals surface area (Å²) in [4.78, 5) is 38.6. The predicted octanol–water partition coefficient (Wildman–Crippen LogP) is 2.86. The Hall–Kier alpha value is -2.86. The van der Waals surface area contributed by atoms with Gasteiger partial charge in [-0.05, 0) is 36.1 Å². The van der Waals surface area contributed by atoms with E-state index in [1.807, 2.05) is 37.3 Å². The molecule has 4 amide bonds. The fourth-order valence-corrected chi connectivity index (χ4v) is 3.45. The highest BCUT2D eigenvalue weighted by atomic mass is 35.5. The van der Waals surface area contributed by atoms with Gasteiger partial charge in [0.15, 0.2) is 0 Å². The zero-order chi connectivity index (χ0) is 20.1. The number of carbonyl (C=O) groups excluding carboxylic acids is 3. The van der Waals surface area contributed by atoms with Gasteiger partial charge in [-0.1, -0.05) is 61.0 Å². The molecule has 146 valence electrons. The Bertz CT molecular complexity index is 870. The highest BCUT2D eigenvalue weighted by Crippen LogP contribution is 2.32. The Morgan fingerprint density at radius 3 is 2.43 bits per heavy atom. The smallest absolute Gasteiger partial charge is 0.325 e. The number of urea groups is 1. The summed E-state index contributed by atoms with van der Waals surface area (Å²) in [6.07, 6.45) is 1.03. The molecule has 0 aliphatic carbocycles. The Morgan fingerprint density at radius 1 is 1.11 bits per heavy atom. The third-order valence-corrected chi connectivity index (χ3v) is 5.18. The van der Waals surface area contributed by atoms with Gasteiger partial charge in [0.1, 0.15) is 12.1 Å². The van der Waals surface area contributed by atoms with Crippen molar-refractivity contribution in [3.8, 4) is 0 Å². The van der Waals surface area contributed by atoms with Crippen LogP contribution in [0.5, 0.6) is 0 Å². The average Bonchev–Trinajstić information content (AvgIpc) is 2.95. The summed E-state index contributed by atoms with van der Waals surface area (Å²) < 4.78 is 0. The van der Waals surface area contributed by atoms with Crippen LogP contribution in [0, 0.1) is 0 Å². The van der Waals surface area contributed by atoms with Crippen molar-refractivity contribution in [3.05, 3.63) is 70.7 Å². The van der Waals surface area contributed by atoms with Crippen LogP contribution in [0.15, 0.2) is 54.6 Å². The van der Waals surface area contributed by atoms with Crippen molar-refractivity contribution in [1.29, 1.82) is 0 Å². The molecule has 7 heteroatoms. The number of hydrogen-bond donors (Lipinski definition) is 2. The zero-order valence-electron chi connectivity index (χ0n) is 15.6. The van der Waals surface area contributed by atoms with Gasteiger partial charge in [-0.25, -0.2) is 4.79 Å². The summed E-state index contributed by atoms with van der Waals surface area (Å²) in [5.74, 6) is -0.781. The van der Waals surface area contributed by atoms with Crippen LogP contribution in [0.2, 0.25) is 5.02 Å². The second-order valence-electron chi connectivity index (χ2n) is 6.67. The molecule has 0 aromatic heterocycles. The number of rotatable bonds is 7. The Kier molecular flexibility index (Phi) is 5.99. The number of halogens is 1. The van der Waals surface area contributed by atoms with Crippen LogP contribution < -0.4 is 10.6 Å². The molecule has 0 unspecified atom stereocenters. The predicted molar refractivity (Wildman–Crippen MR) is 107 cm³/mol. The van der Waals surface area contributed by atoms with E-state index in [0.29, 0.717) is 30.0 Å². The van der Waals surface area contributed by atoms with Crippen molar-refractivity contribution in [2.45, 2.75) is 25.3 Å². The molecule has 1 atom stereocenters. The minimum atomic E-state index is -1.12. The highest BCUT2D eigenvalue weighted by Gasteiger charge is 2.51. The summed E-state index contributed by atoms with van der Waals surface area (Å²) in [5.41, 5.74) is 0.623. The Labute approximate surface area is 168 Å². The van der Waals surface area contributed by atoms with Gasteiger partial charge in [0.05, 0.1) is 0 Å². The lowest BCUT2D eigenvalue weighted by Crippen LogP contribution is -2.45. The molecule has 3 rings (SSSR count). The number of imide groups is 1. The van der Waals surface area contributed by atoms with Crippen LogP contribution >= 0.6 is 11.6 Å². The number of carbonyl (C=O) groups is 3. The van der Waals surface area contributed by atoms with Crippen molar-refractivity contribution in [3.63, 3.8) is 0 Å². The van der Waals surface area contributed by atoms with Crippen molar-refractivity contribution in [2.24, 2.45) is 0 Å². The van der Waals surface area contributed by atoms with Gasteiger partial charge in [0.25, 0.3) is 5.91 Å². The molecule has 2 aromatic carbocycles. The first-order valence-electron chi connectivity index (χ1n) is 9.17. The Morgan fingerprint density at radius 2 is 1.79 bits per heavy atom. The van der Waals surface area contributed by atoms with Crippen LogP contribution in [0.1, 0.15) is 24.5 Å². The van der Waals surface area contributed by atoms with E-state index in [1.165, 1.54) is 0 Å². The average molecular weight is 400 g/mol. The molecule has 0 spiro atoms. The number of benzene rings is 2. The molecule has 2 aromatic rings. The molecule has 28 heavy (non-hydrogen) atoms. The van der Waals surface area contributed by atoms with Gasteiger partial charge in [-0.15, -0.1) is 0 Å². The van der Waals surface area contributed by atoms with Crippen molar-refractivity contribution in [1.82, 2.24) is 15.5 Å². The van der Waals surface area contributed by atoms with E-state index >= 15 is 0 Å². The van der Waals surface area contributed by atoms with Crippen molar-refractivity contribution >= 4 is 29.4 Å². The molecule has 0 radical (unpaired) electrons. The van der Waals surface area contributed by atoms with Crippen LogP contribution in [-0.2, 0) is 21.5 Å². The number of hydrogen-bond acceptors (Lipinski definition) is 3. The quantitative estimate of drug-likeness (QED) is 0.703. The number of nitrogens with one attached hydrogen (secondary N) is 2. The molecule has 0 bridgehead atoms. The zero-order valence-corrected chi connectivity index (χ0v) is 16.3. The standard InChI is InChI=1S/C21H22ClN3O3/c1-2-21(16-6-4-3-5-7-16)19(27)25(20(28)24-21)14-18(26)23-13-12-15-8-10-17(22)11-9-15/h3-11H,2,12-14H2,1H3,(H,23,26)(H,24,28)/t21-/m0/s1. The van der Waals surface area contributed by atoms with E-state index in [1.54, 1.807) is 24.3 Å². The van der Waals surface area contributed by atoms with E-state index in [0.717, 1.165) is 10.5 Å². The van der Waals surface area contributed by atoms with Gasteiger partial charge in [0.2, 0.25) is 5.91 Å². The first-order chi connectivity index (χ1) is 13.5. The minimum Gasteiger partial charge on any atom is -0.354 e. The molecule has 6 nitrogen and oxygen atoms in total. The number of amides is 4. The fourth-order valence-electron chi connectivity index (χ4n) is 3.33. The first-order valence-corrected chi connectivity index (χ1v) is 9.55. The van der Waals surface area contributed by atoms with Crippen LogP contribution in [-0.4, -0.2) is 35.8 Å². The largest absolute Gasteiger partial charge is 0.354 e. The lowest BCUT2D eigenvalue weighted by atomic mass is 9.87. The molecule has 1 saturated heterocycles. The molecule has 1 heterocycles. The maximum absolute atomic E-state index is 13.0. The van der Waals surface area contributed by atoms with E-state index in [9.17, 15) is 14.4 Å². The highest BCUT2D eigenvalue weighted by molar-refractivity contribution is 6.30. The van der Waals surface area contributed by atoms with E-state index < -0.39 is 17.5 Å². The van der Waals surface area contributed by atoms with Gasteiger partial charge in [-0.2, -0.15) is 0 Å². The van der Waals surface area contributed by atoms with E-state index in [4.69, 9.17) is 11.6 Å². The monoisotopic (exact) mass is 399 g/mol. The molecule has 0 saturated carbocycles. The second kappa shape index (κ2) is 8.44. The third-order valence-electron chi connectivity index (χ3n) is 4.92. The molecule has 1 fully saturated rings. The van der Waals surface area contributed by atoms with Crippen molar-refractivity contribution < 1.29 is 14.4 Å². The molecule has 1 aliphatic heterocycles. The summed E-state index contributed by atoms with van der Waals surface area (Å²) in [5, 5.41) is 6.18. The maximum Gasteiger partial charge on any atom is 0.325 e. The SMILES string of the molecule is CC[C@@]1(c2ccccc2)NC(=O)N(CC(=O)NCCc2ccc(Cl)cc2)C1=O. The lowest BCUT2D eigenvalue weighted by Gasteiger charge is -2.25. The summed E-state index contributed by atoms with van der Waals surface area (Å²) >= 11 is 5.85. The van der Waals surface area contributed by atoms with E-state index in [-0.39, 0.29) is 12.5 Å². The first kappa shape index (κ1) is 19.9. The van der Waals surface area contributed by atoms with Gasteiger partial charge in [-0.3, -0.25) is 14.5 Å². The van der Waals surface area contributed by atoms with Crippen LogP contribution in [0.3, 0.4) is 0 Å². The molecule has 2 N–H and O–H groups in total. The van der Waals surface area contributed by atoms with Crippen LogP contribution in [0.4, 0.5) is 4.79 Å². The maximum atomic E-state index is 13.0. The normalized spacial score (nSPS) is 18.9. The van der Waals surface area contributed by atoms with Gasteiger partial charge in [0, 0.05) is 11.6 Å². The molecular formula is C21H22ClN3O3. The summed E-state index contributed by atoms with van der Waals surface area (Å²) in [6, 6.07) is 15.9. The summed E-state index contributed by atoms with van der Waals surface area (Å²) in [7, 11) is 0. The van der Waals surface area contributed by atoms with Gasteiger partial charge < -0.3 is 10.6 Å². The topological polar surface area (TPSA) is 78.5 Å². The fraction of sp³-hybridized carbons (Fsp3) is 0.286. The number of nitrogens with zero attached hydrogens (tertiary/aromatic N) is 1. The third kappa shape index (κ3) is 4.02. The van der Waals surface area contributed by atoms with Crippen molar-refractivity contribution in [2.75, 3.05) is 13.1 Å². The minimum absolute atomic E-state index is 0.306. The van der Waals surface area contributed by atoms with Crippen LogP contribution in [0.25, 0.3) is 0 Å². The summed E-state index contributed by atoms with van der Waals surface area (Å²) in [6.45, 7) is 1.93. The lowest BCUT2D eigenvalue weighted by molar-refractivity contribution is -0.135.